The largest absolute Gasteiger partial charge is 0.456 e. The maximum atomic E-state index is 12.6. The number of ether oxygens (including phenoxy) is 1. The van der Waals surface area contributed by atoms with Gasteiger partial charge in [-0.2, -0.15) is 0 Å². The molecule has 1 aromatic rings. The number of amides is 2. The van der Waals surface area contributed by atoms with Gasteiger partial charge in [0.05, 0.1) is 19.8 Å². The summed E-state index contributed by atoms with van der Waals surface area (Å²) in [7, 11) is 0. The van der Waals surface area contributed by atoms with Gasteiger partial charge in [0.25, 0.3) is 5.91 Å². The average Bonchev–Trinajstić information content (AvgIpc) is 3.03. The molecule has 0 bridgehead atoms. The summed E-state index contributed by atoms with van der Waals surface area (Å²) in [5.74, 6) is 1.32. The van der Waals surface area contributed by atoms with Crippen molar-refractivity contribution in [3.63, 3.8) is 0 Å². The first-order chi connectivity index (χ1) is 12.1. The van der Waals surface area contributed by atoms with Crippen LogP contribution in [0.1, 0.15) is 28.8 Å². The molecule has 0 atom stereocenters. The minimum atomic E-state index is -0.0805. The zero-order chi connectivity index (χ0) is 17.8. The van der Waals surface area contributed by atoms with Crippen molar-refractivity contribution in [1.29, 1.82) is 0 Å². The van der Waals surface area contributed by atoms with E-state index < -0.39 is 0 Å². The van der Waals surface area contributed by atoms with Gasteiger partial charge in [-0.1, -0.05) is 6.92 Å². The number of hydrogen-bond donors (Lipinski definition) is 0. The zero-order valence-electron chi connectivity index (χ0n) is 15.1. The fourth-order valence-electron chi connectivity index (χ4n) is 3.34. The van der Waals surface area contributed by atoms with Crippen LogP contribution in [0, 0.1) is 6.92 Å². The van der Waals surface area contributed by atoms with Crippen molar-refractivity contribution >= 4 is 11.8 Å². The maximum Gasteiger partial charge on any atom is 0.289 e. The SMILES string of the molecule is CCc1oc(C(=O)N2CCN(C(=O)CN3CCOCC3)CC2)cc1C. The molecule has 2 saturated heterocycles. The Morgan fingerprint density at radius 1 is 1.04 bits per heavy atom. The quantitative estimate of drug-likeness (QED) is 0.803. The van der Waals surface area contributed by atoms with E-state index in [0.717, 1.165) is 30.8 Å². The van der Waals surface area contributed by atoms with Gasteiger partial charge in [-0.05, 0) is 18.6 Å². The van der Waals surface area contributed by atoms with E-state index in [-0.39, 0.29) is 11.8 Å². The number of furan rings is 1. The number of nitrogens with zero attached hydrogens (tertiary/aromatic N) is 3. The molecule has 25 heavy (non-hydrogen) atoms. The van der Waals surface area contributed by atoms with Crippen molar-refractivity contribution in [2.45, 2.75) is 20.3 Å². The van der Waals surface area contributed by atoms with Crippen molar-refractivity contribution in [2.75, 3.05) is 59.0 Å². The van der Waals surface area contributed by atoms with Gasteiger partial charge in [0.1, 0.15) is 5.76 Å². The molecule has 3 rings (SSSR count). The Morgan fingerprint density at radius 3 is 2.28 bits per heavy atom. The Morgan fingerprint density at radius 2 is 1.68 bits per heavy atom. The fraction of sp³-hybridized carbons (Fsp3) is 0.667. The van der Waals surface area contributed by atoms with Gasteiger partial charge in [0, 0.05) is 45.7 Å². The molecule has 7 nitrogen and oxygen atoms in total. The van der Waals surface area contributed by atoms with Crippen LogP contribution in [0.2, 0.25) is 0 Å². The maximum absolute atomic E-state index is 12.6. The summed E-state index contributed by atoms with van der Waals surface area (Å²) >= 11 is 0. The lowest BCUT2D eigenvalue weighted by atomic mass is 10.2. The molecule has 0 radical (unpaired) electrons. The second kappa shape index (κ2) is 8.01. The van der Waals surface area contributed by atoms with Gasteiger partial charge in [0.2, 0.25) is 5.91 Å². The number of morpholine rings is 1. The highest BCUT2D eigenvalue weighted by atomic mass is 16.5. The number of piperazine rings is 1. The van der Waals surface area contributed by atoms with E-state index >= 15 is 0 Å². The Balaban J connectivity index is 1.50. The van der Waals surface area contributed by atoms with Crippen molar-refractivity contribution in [2.24, 2.45) is 0 Å². The highest BCUT2D eigenvalue weighted by Crippen LogP contribution is 2.18. The van der Waals surface area contributed by atoms with Gasteiger partial charge in [-0.25, -0.2) is 0 Å². The summed E-state index contributed by atoms with van der Waals surface area (Å²) in [6.07, 6.45) is 0.781. The van der Waals surface area contributed by atoms with Crippen LogP contribution < -0.4 is 0 Å². The normalized spacial score (nSPS) is 19.3. The van der Waals surface area contributed by atoms with Crippen LogP contribution in [0.25, 0.3) is 0 Å². The highest BCUT2D eigenvalue weighted by molar-refractivity contribution is 5.92. The third-order valence-electron chi connectivity index (χ3n) is 4.93. The smallest absolute Gasteiger partial charge is 0.289 e. The Hall–Kier alpha value is -1.86. The van der Waals surface area contributed by atoms with E-state index in [2.05, 4.69) is 4.90 Å². The predicted octanol–water partition coefficient (Wildman–Crippen LogP) is 0.767. The standard InChI is InChI=1S/C18H27N3O4/c1-3-15-14(2)12-16(25-15)18(23)21-6-4-20(5-7-21)17(22)13-19-8-10-24-11-9-19/h12H,3-11,13H2,1-2H3. The number of carbonyl (C=O) groups excluding carboxylic acids is 2. The van der Waals surface area contributed by atoms with E-state index in [9.17, 15) is 9.59 Å². The Kier molecular flexibility index (Phi) is 5.75. The fourth-order valence-corrected chi connectivity index (χ4v) is 3.34. The number of rotatable bonds is 4. The molecule has 2 aliphatic heterocycles. The van der Waals surface area contributed by atoms with Crippen molar-refractivity contribution in [1.82, 2.24) is 14.7 Å². The van der Waals surface area contributed by atoms with Crippen LogP contribution in [-0.2, 0) is 16.0 Å². The lowest BCUT2D eigenvalue weighted by molar-refractivity contribution is -0.134. The topological polar surface area (TPSA) is 66.2 Å². The van der Waals surface area contributed by atoms with Gasteiger partial charge in [-0.3, -0.25) is 14.5 Å². The van der Waals surface area contributed by atoms with Crippen molar-refractivity contribution in [3.05, 3.63) is 23.2 Å². The van der Waals surface area contributed by atoms with Crippen LogP contribution in [0.15, 0.2) is 10.5 Å². The van der Waals surface area contributed by atoms with E-state index in [0.29, 0.717) is 51.7 Å². The van der Waals surface area contributed by atoms with Gasteiger partial charge in [0.15, 0.2) is 5.76 Å². The molecular formula is C18H27N3O4. The molecule has 2 amide bonds. The number of hydrogen-bond acceptors (Lipinski definition) is 5. The molecule has 0 aromatic carbocycles. The van der Waals surface area contributed by atoms with Gasteiger partial charge < -0.3 is 19.0 Å². The zero-order valence-corrected chi connectivity index (χ0v) is 15.1. The lowest BCUT2D eigenvalue weighted by Gasteiger charge is -2.36. The lowest BCUT2D eigenvalue weighted by Crippen LogP contribution is -2.53. The summed E-state index contributed by atoms with van der Waals surface area (Å²) in [5.41, 5.74) is 1.02. The molecule has 3 heterocycles. The third-order valence-corrected chi connectivity index (χ3v) is 4.93. The van der Waals surface area contributed by atoms with Crippen LogP contribution >= 0.6 is 0 Å². The van der Waals surface area contributed by atoms with Gasteiger partial charge in [-0.15, -0.1) is 0 Å². The van der Waals surface area contributed by atoms with E-state index in [1.807, 2.05) is 24.8 Å². The molecule has 7 heteroatoms. The molecule has 0 aliphatic carbocycles. The second-order valence-electron chi connectivity index (χ2n) is 6.63. The number of carbonyl (C=O) groups is 2. The second-order valence-corrected chi connectivity index (χ2v) is 6.63. The molecule has 0 N–H and O–H groups in total. The van der Waals surface area contributed by atoms with Crippen LogP contribution in [-0.4, -0.2) is 85.5 Å². The third kappa shape index (κ3) is 4.22. The minimum absolute atomic E-state index is 0.0805. The summed E-state index contributed by atoms with van der Waals surface area (Å²) < 4.78 is 11.0. The molecule has 2 aliphatic rings. The van der Waals surface area contributed by atoms with Crippen LogP contribution in [0.5, 0.6) is 0 Å². The molecule has 138 valence electrons. The van der Waals surface area contributed by atoms with Crippen molar-refractivity contribution in [3.8, 4) is 0 Å². The summed E-state index contributed by atoms with van der Waals surface area (Å²) in [6.45, 7) is 9.67. The average molecular weight is 349 g/mol. The monoisotopic (exact) mass is 349 g/mol. The molecular weight excluding hydrogens is 322 g/mol. The van der Waals surface area contributed by atoms with E-state index in [4.69, 9.17) is 9.15 Å². The summed E-state index contributed by atoms with van der Waals surface area (Å²) in [6, 6.07) is 1.82. The first-order valence-corrected chi connectivity index (χ1v) is 9.05. The molecule has 0 spiro atoms. The van der Waals surface area contributed by atoms with E-state index in [1.54, 1.807) is 4.90 Å². The van der Waals surface area contributed by atoms with E-state index in [1.165, 1.54) is 0 Å². The number of aryl methyl sites for hydroxylation is 2. The van der Waals surface area contributed by atoms with Crippen LogP contribution in [0.3, 0.4) is 0 Å². The minimum Gasteiger partial charge on any atom is -0.456 e. The molecule has 1 aromatic heterocycles. The Bertz CT molecular complexity index is 614. The van der Waals surface area contributed by atoms with Crippen LogP contribution in [0.4, 0.5) is 0 Å². The first kappa shape index (κ1) is 17.9. The first-order valence-electron chi connectivity index (χ1n) is 9.05. The molecule has 0 unspecified atom stereocenters. The van der Waals surface area contributed by atoms with Gasteiger partial charge >= 0.3 is 0 Å². The molecule has 2 fully saturated rings. The summed E-state index contributed by atoms with van der Waals surface area (Å²) in [5, 5.41) is 0. The molecule has 0 saturated carbocycles. The van der Waals surface area contributed by atoms with Crippen molar-refractivity contribution < 1.29 is 18.7 Å². The Labute approximate surface area is 148 Å². The predicted molar refractivity (Wildman–Crippen MR) is 92.6 cm³/mol. The highest BCUT2D eigenvalue weighted by Gasteiger charge is 2.27. The summed E-state index contributed by atoms with van der Waals surface area (Å²) in [4.78, 5) is 30.8.